The third-order valence-corrected chi connectivity index (χ3v) is 4.58. The highest BCUT2D eigenvalue weighted by atomic mass is 16.2. The van der Waals surface area contributed by atoms with Crippen molar-refractivity contribution in [3.63, 3.8) is 0 Å². The Bertz CT molecular complexity index is 1040. The number of aromatic amines is 2. The summed E-state index contributed by atoms with van der Waals surface area (Å²) in [6.07, 6.45) is 6.53. The van der Waals surface area contributed by atoms with Gasteiger partial charge in [0, 0.05) is 42.1 Å². The van der Waals surface area contributed by atoms with E-state index in [9.17, 15) is 9.59 Å². The van der Waals surface area contributed by atoms with Gasteiger partial charge in [0.25, 0.3) is 11.5 Å². The average molecular weight is 334 g/mol. The van der Waals surface area contributed by atoms with Crippen LogP contribution in [0.3, 0.4) is 0 Å². The lowest BCUT2D eigenvalue weighted by atomic mass is 9.99. The summed E-state index contributed by atoms with van der Waals surface area (Å²) in [6, 6.07) is 7.31. The van der Waals surface area contributed by atoms with Crippen LogP contribution in [0.25, 0.3) is 16.6 Å². The second-order valence-corrected chi connectivity index (χ2v) is 6.22. The minimum absolute atomic E-state index is 0.193. The average Bonchev–Trinajstić information content (AvgIpc) is 3.05. The Kier molecular flexibility index (Phi) is 3.72. The first-order valence-corrected chi connectivity index (χ1v) is 8.24. The fourth-order valence-electron chi connectivity index (χ4n) is 3.23. The van der Waals surface area contributed by atoms with Crippen LogP contribution in [-0.2, 0) is 0 Å². The summed E-state index contributed by atoms with van der Waals surface area (Å²) in [5.41, 5.74) is 3.80. The second-order valence-electron chi connectivity index (χ2n) is 6.22. The Hall–Kier alpha value is -3.15. The Labute approximate surface area is 144 Å². The zero-order valence-electron chi connectivity index (χ0n) is 13.9. The summed E-state index contributed by atoms with van der Waals surface area (Å²) in [4.78, 5) is 36.5. The van der Waals surface area contributed by atoms with Crippen LogP contribution in [0.15, 0.2) is 47.5 Å². The van der Waals surface area contributed by atoms with Gasteiger partial charge in [-0.15, -0.1) is 0 Å². The molecule has 25 heavy (non-hydrogen) atoms. The first kappa shape index (κ1) is 15.4. The molecule has 0 aromatic carbocycles. The van der Waals surface area contributed by atoms with E-state index in [4.69, 9.17) is 0 Å². The Morgan fingerprint density at radius 2 is 2.16 bits per heavy atom. The molecule has 1 amide bonds. The number of carbonyl (C=O) groups is 1. The number of H-pyrrole nitrogens is 2. The number of aromatic nitrogens is 3. The summed E-state index contributed by atoms with van der Waals surface area (Å²) in [5, 5.41) is 1.09. The molecule has 0 radical (unpaired) electrons. The van der Waals surface area contributed by atoms with E-state index in [1.807, 2.05) is 18.3 Å². The van der Waals surface area contributed by atoms with Crippen molar-refractivity contribution in [2.75, 3.05) is 13.1 Å². The van der Waals surface area contributed by atoms with Crippen LogP contribution in [-0.4, -0.2) is 38.8 Å². The van der Waals surface area contributed by atoms with Crippen LogP contribution in [0.1, 0.15) is 28.0 Å². The molecule has 1 aliphatic heterocycles. The number of nitrogens with zero attached hydrogens (tertiary/aromatic N) is 2. The number of amides is 1. The molecule has 0 fully saturated rings. The molecule has 1 aliphatic rings. The van der Waals surface area contributed by atoms with E-state index in [-0.39, 0.29) is 17.0 Å². The van der Waals surface area contributed by atoms with Gasteiger partial charge in [0.05, 0.1) is 0 Å². The third-order valence-electron chi connectivity index (χ3n) is 4.58. The number of pyridine rings is 2. The minimum Gasteiger partial charge on any atom is -0.346 e. The van der Waals surface area contributed by atoms with E-state index in [1.54, 1.807) is 30.2 Å². The van der Waals surface area contributed by atoms with Crippen LogP contribution < -0.4 is 5.56 Å². The molecule has 0 bridgehead atoms. The Morgan fingerprint density at radius 3 is 2.92 bits per heavy atom. The predicted octanol–water partition coefficient (Wildman–Crippen LogP) is 2.49. The molecule has 0 saturated heterocycles. The van der Waals surface area contributed by atoms with Gasteiger partial charge in [-0.2, -0.15) is 0 Å². The number of fused-ring (bicyclic) bond motifs is 1. The number of carbonyl (C=O) groups excluding carboxylic acids is 1. The third kappa shape index (κ3) is 2.76. The van der Waals surface area contributed by atoms with Gasteiger partial charge in [-0.1, -0.05) is 6.08 Å². The summed E-state index contributed by atoms with van der Waals surface area (Å²) >= 11 is 0. The predicted molar refractivity (Wildman–Crippen MR) is 96.4 cm³/mol. The van der Waals surface area contributed by atoms with Gasteiger partial charge in [0.15, 0.2) is 0 Å². The molecule has 3 aromatic rings. The van der Waals surface area contributed by atoms with E-state index >= 15 is 0 Å². The monoisotopic (exact) mass is 334 g/mol. The molecule has 0 atom stereocenters. The topological polar surface area (TPSA) is 81.8 Å². The van der Waals surface area contributed by atoms with E-state index in [1.165, 1.54) is 5.57 Å². The van der Waals surface area contributed by atoms with Crippen molar-refractivity contribution in [2.45, 2.75) is 13.3 Å². The molecule has 0 spiro atoms. The van der Waals surface area contributed by atoms with Crippen molar-refractivity contribution < 1.29 is 4.79 Å². The van der Waals surface area contributed by atoms with Gasteiger partial charge < -0.3 is 14.9 Å². The summed E-state index contributed by atoms with van der Waals surface area (Å²) in [5.74, 6) is -0.225. The largest absolute Gasteiger partial charge is 0.346 e. The maximum atomic E-state index is 12.6. The van der Waals surface area contributed by atoms with Crippen LogP contribution in [0.5, 0.6) is 0 Å². The molecule has 2 N–H and O–H groups in total. The van der Waals surface area contributed by atoms with Gasteiger partial charge in [-0.3, -0.25) is 9.59 Å². The van der Waals surface area contributed by atoms with Crippen molar-refractivity contribution in [1.82, 2.24) is 19.9 Å². The maximum Gasteiger partial charge on any atom is 0.260 e. The van der Waals surface area contributed by atoms with E-state index in [0.29, 0.717) is 13.1 Å². The number of hydrogen-bond acceptors (Lipinski definition) is 3. The highest BCUT2D eigenvalue weighted by Crippen LogP contribution is 2.28. The first-order chi connectivity index (χ1) is 12.1. The molecule has 6 heteroatoms. The molecule has 6 nitrogen and oxygen atoms in total. The number of aryl methyl sites for hydroxylation is 1. The van der Waals surface area contributed by atoms with E-state index in [0.717, 1.165) is 28.7 Å². The molecule has 126 valence electrons. The van der Waals surface area contributed by atoms with Crippen molar-refractivity contribution in [1.29, 1.82) is 0 Å². The summed E-state index contributed by atoms with van der Waals surface area (Å²) in [7, 11) is 0. The van der Waals surface area contributed by atoms with Gasteiger partial charge in [0.2, 0.25) is 0 Å². The summed E-state index contributed by atoms with van der Waals surface area (Å²) < 4.78 is 0. The van der Waals surface area contributed by atoms with Crippen LogP contribution in [0.2, 0.25) is 0 Å². The lowest BCUT2D eigenvalue weighted by Gasteiger charge is -2.26. The number of nitrogens with one attached hydrogen (secondary N) is 2. The van der Waals surface area contributed by atoms with E-state index < -0.39 is 0 Å². The molecular formula is C19H18N4O2. The molecule has 3 aromatic heterocycles. The second kappa shape index (κ2) is 6.05. The smallest absolute Gasteiger partial charge is 0.260 e. The molecule has 4 heterocycles. The van der Waals surface area contributed by atoms with Gasteiger partial charge in [-0.25, -0.2) is 4.98 Å². The van der Waals surface area contributed by atoms with Crippen LogP contribution >= 0.6 is 0 Å². The summed E-state index contributed by atoms with van der Waals surface area (Å²) in [6.45, 7) is 2.88. The minimum atomic E-state index is -0.331. The Balaban J connectivity index is 1.58. The highest BCUT2D eigenvalue weighted by Gasteiger charge is 2.22. The molecular weight excluding hydrogens is 316 g/mol. The maximum absolute atomic E-state index is 12.6. The molecule has 0 aliphatic carbocycles. The first-order valence-electron chi connectivity index (χ1n) is 8.24. The molecule has 4 rings (SSSR count). The van der Waals surface area contributed by atoms with Gasteiger partial charge in [-0.05, 0) is 43.2 Å². The van der Waals surface area contributed by atoms with Crippen molar-refractivity contribution in [2.24, 2.45) is 0 Å². The lowest BCUT2D eigenvalue weighted by molar-refractivity contribution is 0.0771. The SMILES string of the molecule is Cc1ccc(C(=O)N2CC=C(c3c[nH]c4ncccc34)CC2)c(=O)[nH]1. The van der Waals surface area contributed by atoms with Crippen LogP contribution in [0, 0.1) is 6.92 Å². The fourth-order valence-corrected chi connectivity index (χ4v) is 3.23. The van der Waals surface area contributed by atoms with E-state index in [2.05, 4.69) is 21.0 Å². The quantitative estimate of drug-likeness (QED) is 0.755. The van der Waals surface area contributed by atoms with Crippen molar-refractivity contribution >= 4 is 22.5 Å². The number of hydrogen-bond donors (Lipinski definition) is 2. The fraction of sp³-hybridized carbons (Fsp3) is 0.211. The normalized spacial score (nSPS) is 14.6. The lowest BCUT2D eigenvalue weighted by Crippen LogP contribution is -2.37. The van der Waals surface area contributed by atoms with Gasteiger partial charge >= 0.3 is 0 Å². The van der Waals surface area contributed by atoms with Crippen LogP contribution in [0.4, 0.5) is 0 Å². The van der Waals surface area contributed by atoms with Crippen molar-refractivity contribution in [3.8, 4) is 0 Å². The number of rotatable bonds is 2. The molecule has 0 saturated carbocycles. The Morgan fingerprint density at radius 1 is 1.28 bits per heavy atom. The highest BCUT2D eigenvalue weighted by molar-refractivity contribution is 5.95. The van der Waals surface area contributed by atoms with Gasteiger partial charge in [0.1, 0.15) is 11.2 Å². The molecule has 0 unspecified atom stereocenters. The zero-order valence-corrected chi connectivity index (χ0v) is 13.9. The van der Waals surface area contributed by atoms with Crippen molar-refractivity contribution in [3.05, 3.63) is 69.9 Å². The zero-order chi connectivity index (χ0) is 17.4. The standard InChI is InChI=1S/C19H18N4O2/c1-12-4-5-15(18(24)22-12)19(25)23-9-6-13(7-10-23)16-11-21-17-14(16)3-2-8-20-17/h2-6,8,11H,7,9-10H2,1H3,(H,20,21)(H,22,24).